The molecular weight excluding hydrogens is 274 g/mol. The van der Waals surface area contributed by atoms with E-state index in [1.807, 2.05) is 55.5 Å². The van der Waals surface area contributed by atoms with Crippen LogP contribution in [0.5, 0.6) is 0 Å². The molecule has 3 aromatic heterocycles. The van der Waals surface area contributed by atoms with E-state index >= 15 is 0 Å². The molecule has 4 nitrogen and oxygen atoms in total. The van der Waals surface area contributed by atoms with Crippen LogP contribution in [0, 0.1) is 6.92 Å². The fraction of sp³-hybridized carbons (Fsp3) is 0.0556. The average Bonchev–Trinajstić information content (AvgIpc) is 3.04. The number of aryl methyl sites for hydroxylation is 1. The second kappa shape index (κ2) is 5.07. The number of hydrogen-bond donors (Lipinski definition) is 0. The van der Waals surface area contributed by atoms with Crippen molar-refractivity contribution >= 4 is 10.9 Å². The molecule has 0 radical (unpaired) electrons. The Balaban J connectivity index is 1.96. The van der Waals surface area contributed by atoms with Crippen LogP contribution >= 0.6 is 0 Å². The van der Waals surface area contributed by atoms with Crippen LogP contribution in [0.4, 0.5) is 0 Å². The Hall–Kier alpha value is -3.01. The van der Waals surface area contributed by atoms with Gasteiger partial charge in [-0.1, -0.05) is 24.3 Å². The molecule has 0 spiro atoms. The summed E-state index contributed by atoms with van der Waals surface area (Å²) in [5.41, 5.74) is 4.41. The molecule has 0 aliphatic heterocycles. The Morgan fingerprint density at radius 2 is 1.82 bits per heavy atom. The van der Waals surface area contributed by atoms with E-state index in [0.717, 1.165) is 39.3 Å². The Labute approximate surface area is 127 Å². The zero-order valence-corrected chi connectivity index (χ0v) is 12.0. The summed E-state index contributed by atoms with van der Waals surface area (Å²) >= 11 is 0. The third kappa shape index (κ3) is 2.05. The van der Waals surface area contributed by atoms with E-state index in [9.17, 15) is 0 Å². The summed E-state index contributed by atoms with van der Waals surface area (Å²) < 4.78 is 5.67. The van der Waals surface area contributed by atoms with Gasteiger partial charge < -0.3 is 4.42 Å². The van der Waals surface area contributed by atoms with Crippen molar-refractivity contribution in [1.29, 1.82) is 0 Å². The molecule has 4 heteroatoms. The van der Waals surface area contributed by atoms with E-state index in [-0.39, 0.29) is 0 Å². The van der Waals surface area contributed by atoms with Gasteiger partial charge in [0.1, 0.15) is 5.69 Å². The Morgan fingerprint density at radius 1 is 0.909 bits per heavy atom. The van der Waals surface area contributed by atoms with Crippen LogP contribution in [-0.4, -0.2) is 15.0 Å². The molecule has 22 heavy (non-hydrogen) atoms. The summed E-state index contributed by atoms with van der Waals surface area (Å²) in [6.45, 7) is 1.96. The van der Waals surface area contributed by atoms with Crippen molar-refractivity contribution in [3.05, 3.63) is 66.8 Å². The quantitative estimate of drug-likeness (QED) is 0.552. The first-order valence-corrected chi connectivity index (χ1v) is 7.04. The van der Waals surface area contributed by atoms with Crippen LogP contribution in [0.15, 0.2) is 65.5 Å². The average molecular weight is 287 g/mol. The van der Waals surface area contributed by atoms with Gasteiger partial charge in [0.2, 0.25) is 0 Å². The third-order valence-corrected chi connectivity index (χ3v) is 3.59. The highest BCUT2D eigenvalue weighted by Gasteiger charge is 2.16. The molecule has 0 bridgehead atoms. The highest BCUT2D eigenvalue weighted by atomic mass is 16.3. The van der Waals surface area contributed by atoms with E-state index in [1.54, 1.807) is 6.20 Å². The first-order valence-electron chi connectivity index (χ1n) is 7.04. The molecule has 1 aromatic carbocycles. The van der Waals surface area contributed by atoms with Gasteiger partial charge in [-0.2, -0.15) is 0 Å². The molecule has 4 aromatic rings. The van der Waals surface area contributed by atoms with E-state index in [1.165, 1.54) is 6.39 Å². The van der Waals surface area contributed by atoms with Crippen molar-refractivity contribution in [2.45, 2.75) is 6.92 Å². The smallest absolute Gasteiger partial charge is 0.182 e. The summed E-state index contributed by atoms with van der Waals surface area (Å²) in [5, 5.41) is 1.04. The Morgan fingerprint density at radius 3 is 2.73 bits per heavy atom. The molecule has 0 amide bonds. The normalized spacial score (nSPS) is 11.0. The van der Waals surface area contributed by atoms with E-state index in [0.29, 0.717) is 0 Å². The molecule has 0 aliphatic rings. The molecular formula is C18H13N3O. The second-order valence-corrected chi connectivity index (χ2v) is 5.07. The van der Waals surface area contributed by atoms with Gasteiger partial charge in [-0.25, -0.2) is 4.98 Å². The van der Waals surface area contributed by atoms with Crippen LogP contribution in [0.25, 0.3) is 33.6 Å². The van der Waals surface area contributed by atoms with Crippen molar-refractivity contribution in [2.24, 2.45) is 0 Å². The first kappa shape index (κ1) is 12.7. The van der Waals surface area contributed by atoms with E-state index in [2.05, 4.69) is 15.0 Å². The summed E-state index contributed by atoms with van der Waals surface area (Å²) in [5.74, 6) is 0.719. The zero-order valence-electron chi connectivity index (χ0n) is 12.0. The molecule has 0 aliphatic carbocycles. The van der Waals surface area contributed by atoms with Crippen molar-refractivity contribution in [3.8, 4) is 22.7 Å². The number of para-hydroxylation sites is 1. The lowest BCUT2D eigenvalue weighted by Gasteiger charge is -2.05. The van der Waals surface area contributed by atoms with Crippen molar-refractivity contribution in [2.75, 3.05) is 0 Å². The maximum absolute atomic E-state index is 5.67. The largest absolute Gasteiger partial charge is 0.443 e. The molecule has 0 atom stereocenters. The van der Waals surface area contributed by atoms with Crippen molar-refractivity contribution in [3.63, 3.8) is 0 Å². The molecule has 0 unspecified atom stereocenters. The Bertz CT molecular complexity index is 954. The fourth-order valence-electron chi connectivity index (χ4n) is 2.59. The lowest BCUT2D eigenvalue weighted by atomic mass is 10.0. The van der Waals surface area contributed by atoms with E-state index in [4.69, 9.17) is 4.42 Å². The minimum absolute atomic E-state index is 0.719. The Kier molecular flexibility index (Phi) is 2.93. The van der Waals surface area contributed by atoms with Gasteiger partial charge in [-0.3, -0.25) is 9.97 Å². The van der Waals surface area contributed by atoms with Gasteiger partial charge in [-0.15, -0.1) is 0 Å². The maximum Gasteiger partial charge on any atom is 0.182 e. The van der Waals surface area contributed by atoms with Gasteiger partial charge in [-0.05, 0) is 31.2 Å². The topological polar surface area (TPSA) is 51.8 Å². The van der Waals surface area contributed by atoms with Gasteiger partial charge in [0, 0.05) is 22.8 Å². The SMILES string of the molecule is Cc1cccc(-c2ncoc2-c2ccnc3ccccc23)n1. The summed E-state index contributed by atoms with van der Waals surface area (Å²) in [7, 11) is 0. The molecule has 0 saturated carbocycles. The number of pyridine rings is 2. The number of rotatable bonds is 2. The monoisotopic (exact) mass is 287 g/mol. The van der Waals surface area contributed by atoms with Gasteiger partial charge in [0.25, 0.3) is 0 Å². The van der Waals surface area contributed by atoms with Crippen molar-refractivity contribution in [1.82, 2.24) is 15.0 Å². The van der Waals surface area contributed by atoms with Crippen LogP contribution in [-0.2, 0) is 0 Å². The number of fused-ring (bicyclic) bond motifs is 1. The van der Waals surface area contributed by atoms with Gasteiger partial charge in [0.05, 0.1) is 11.2 Å². The van der Waals surface area contributed by atoms with Crippen LogP contribution in [0.2, 0.25) is 0 Å². The van der Waals surface area contributed by atoms with Crippen LogP contribution in [0.1, 0.15) is 5.69 Å². The number of benzene rings is 1. The number of nitrogens with zero attached hydrogens (tertiary/aromatic N) is 3. The fourth-order valence-corrected chi connectivity index (χ4v) is 2.59. The lowest BCUT2D eigenvalue weighted by Crippen LogP contribution is -1.90. The van der Waals surface area contributed by atoms with Crippen LogP contribution in [0.3, 0.4) is 0 Å². The molecule has 3 heterocycles. The predicted octanol–water partition coefficient (Wildman–Crippen LogP) is 4.26. The number of oxazole rings is 1. The summed E-state index contributed by atoms with van der Waals surface area (Å²) in [4.78, 5) is 13.3. The highest BCUT2D eigenvalue weighted by Crippen LogP contribution is 2.34. The number of hydrogen-bond acceptors (Lipinski definition) is 4. The lowest BCUT2D eigenvalue weighted by molar-refractivity contribution is 0.572. The zero-order chi connectivity index (χ0) is 14.9. The molecule has 0 saturated heterocycles. The predicted molar refractivity (Wildman–Crippen MR) is 85.2 cm³/mol. The molecule has 4 rings (SSSR count). The highest BCUT2D eigenvalue weighted by molar-refractivity contribution is 5.95. The second-order valence-electron chi connectivity index (χ2n) is 5.07. The molecule has 106 valence electrons. The van der Waals surface area contributed by atoms with Gasteiger partial charge >= 0.3 is 0 Å². The standard InChI is InChI=1S/C18H13N3O/c1-12-5-4-8-16(21-12)17-18(22-11-20-17)14-9-10-19-15-7-3-2-6-13(14)15/h2-11H,1H3. The minimum atomic E-state index is 0.719. The first-order chi connectivity index (χ1) is 10.8. The van der Waals surface area contributed by atoms with Crippen molar-refractivity contribution < 1.29 is 4.42 Å². The molecule has 0 N–H and O–H groups in total. The summed E-state index contributed by atoms with van der Waals surface area (Å²) in [6.07, 6.45) is 3.25. The van der Waals surface area contributed by atoms with Crippen LogP contribution < -0.4 is 0 Å². The number of aromatic nitrogens is 3. The minimum Gasteiger partial charge on any atom is -0.443 e. The molecule has 0 fully saturated rings. The van der Waals surface area contributed by atoms with Gasteiger partial charge in [0.15, 0.2) is 12.2 Å². The third-order valence-electron chi connectivity index (χ3n) is 3.59. The van der Waals surface area contributed by atoms with E-state index < -0.39 is 0 Å². The maximum atomic E-state index is 5.67. The summed E-state index contributed by atoms with van der Waals surface area (Å²) in [6, 6.07) is 15.8.